The van der Waals surface area contributed by atoms with E-state index in [2.05, 4.69) is 20.8 Å². The first-order chi connectivity index (χ1) is 7.98. The Balaban J connectivity index is 0.00000121. The Kier molecular flexibility index (Phi) is 7.33. The smallest absolute Gasteiger partial charge is 0.136 e. The average Bonchev–Trinajstić information content (AvgIpc) is 2.75. The second kappa shape index (κ2) is 7.62. The normalized spacial score (nSPS) is 19.3. The van der Waals surface area contributed by atoms with Crippen LogP contribution in [0.15, 0.2) is 11.5 Å². The second-order valence-electron chi connectivity index (χ2n) is 5.04. The van der Waals surface area contributed by atoms with Gasteiger partial charge >= 0.3 is 0 Å². The highest BCUT2D eigenvalue weighted by Crippen LogP contribution is 2.36. The van der Waals surface area contributed by atoms with Crippen molar-refractivity contribution in [1.82, 2.24) is 0 Å². The van der Waals surface area contributed by atoms with Gasteiger partial charge in [-0.05, 0) is 39.5 Å². The lowest BCUT2D eigenvalue weighted by molar-refractivity contribution is 0.00239. The van der Waals surface area contributed by atoms with Crippen LogP contribution < -0.4 is 0 Å². The van der Waals surface area contributed by atoms with Crippen LogP contribution in [-0.4, -0.2) is 12.7 Å². The summed E-state index contributed by atoms with van der Waals surface area (Å²) in [5.74, 6) is 2.32. The molecule has 1 aliphatic carbocycles. The third-order valence-electron chi connectivity index (χ3n) is 3.20. The molecule has 0 aromatic rings. The van der Waals surface area contributed by atoms with Crippen molar-refractivity contribution in [2.24, 2.45) is 5.92 Å². The fourth-order valence-corrected chi connectivity index (χ4v) is 2.19. The molecule has 0 heterocycles. The van der Waals surface area contributed by atoms with E-state index < -0.39 is 0 Å². The zero-order valence-corrected chi connectivity index (χ0v) is 12.7. The number of allylic oxidation sites excluding steroid dienone is 2. The van der Waals surface area contributed by atoms with E-state index in [0.29, 0.717) is 5.92 Å². The first kappa shape index (κ1) is 16.3. The summed E-state index contributed by atoms with van der Waals surface area (Å²) in [5.41, 5.74) is 0.0411. The van der Waals surface area contributed by atoms with Crippen molar-refractivity contribution in [3.8, 4) is 0 Å². The van der Waals surface area contributed by atoms with Crippen molar-refractivity contribution in [3.05, 3.63) is 11.5 Å². The summed E-state index contributed by atoms with van der Waals surface area (Å²) in [6, 6.07) is 0. The van der Waals surface area contributed by atoms with Gasteiger partial charge in [0.25, 0.3) is 0 Å². The molecule has 1 saturated carbocycles. The minimum absolute atomic E-state index is 0.0411. The van der Waals surface area contributed by atoms with Crippen LogP contribution in [0.2, 0.25) is 0 Å². The standard InChI is InChI=1S/C13H24O2.C2H6/c1-10(2)12(11(3)14-5)15-13(4)8-6-7-9-13;1-2/h10H,6-9H2,1-5H3;1-2H3/b12-11-;. The van der Waals surface area contributed by atoms with Gasteiger partial charge in [0.2, 0.25) is 0 Å². The highest BCUT2D eigenvalue weighted by Gasteiger charge is 2.32. The van der Waals surface area contributed by atoms with Gasteiger partial charge < -0.3 is 9.47 Å². The maximum Gasteiger partial charge on any atom is 0.136 e. The van der Waals surface area contributed by atoms with Gasteiger partial charge in [-0.25, -0.2) is 0 Å². The Morgan fingerprint density at radius 3 is 1.94 bits per heavy atom. The maximum absolute atomic E-state index is 6.17. The van der Waals surface area contributed by atoms with Crippen molar-refractivity contribution in [2.75, 3.05) is 7.11 Å². The molecule has 2 heteroatoms. The first-order valence-electron chi connectivity index (χ1n) is 6.92. The van der Waals surface area contributed by atoms with Crippen LogP contribution in [0.1, 0.15) is 67.2 Å². The molecular formula is C15H30O2. The number of hydrogen-bond donors (Lipinski definition) is 0. The van der Waals surface area contributed by atoms with Crippen molar-refractivity contribution in [2.45, 2.75) is 72.8 Å². The molecule has 1 rings (SSSR count). The monoisotopic (exact) mass is 242 g/mol. The quantitative estimate of drug-likeness (QED) is 0.653. The lowest BCUT2D eigenvalue weighted by Crippen LogP contribution is -2.26. The minimum Gasteiger partial charge on any atom is -0.498 e. The van der Waals surface area contributed by atoms with Gasteiger partial charge in [-0.3, -0.25) is 0 Å². The van der Waals surface area contributed by atoms with Crippen LogP contribution in [0.3, 0.4) is 0 Å². The summed E-state index contributed by atoms with van der Waals surface area (Å²) >= 11 is 0. The van der Waals surface area contributed by atoms with Crippen LogP contribution in [-0.2, 0) is 9.47 Å². The van der Waals surface area contributed by atoms with Gasteiger partial charge in [0.1, 0.15) is 17.1 Å². The summed E-state index contributed by atoms with van der Waals surface area (Å²) in [5, 5.41) is 0. The van der Waals surface area contributed by atoms with E-state index >= 15 is 0 Å². The molecule has 0 unspecified atom stereocenters. The van der Waals surface area contributed by atoms with Crippen LogP contribution in [0.4, 0.5) is 0 Å². The molecule has 0 atom stereocenters. The molecule has 17 heavy (non-hydrogen) atoms. The van der Waals surface area contributed by atoms with Gasteiger partial charge in [0.05, 0.1) is 7.11 Å². The average molecular weight is 242 g/mol. The Bertz CT molecular complexity index is 235. The van der Waals surface area contributed by atoms with Crippen molar-refractivity contribution >= 4 is 0 Å². The molecule has 0 aromatic heterocycles. The maximum atomic E-state index is 6.17. The summed E-state index contributed by atoms with van der Waals surface area (Å²) in [6.07, 6.45) is 4.90. The molecular weight excluding hydrogens is 212 g/mol. The van der Waals surface area contributed by atoms with E-state index in [0.717, 1.165) is 11.5 Å². The Morgan fingerprint density at radius 2 is 1.59 bits per heavy atom. The molecule has 0 spiro atoms. The largest absolute Gasteiger partial charge is 0.498 e. The van der Waals surface area contributed by atoms with E-state index in [9.17, 15) is 0 Å². The fraction of sp³-hybridized carbons (Fsp3) is 0.867. The SMILES string of the molecule is CC.CO/C(C)=C(\OC1(C)CCCC1)C(C)C. The third kappa shape index (κ3) is 5.01. The molecule has 102 valence electrons. The summed E-state index contributed by atoms with van der Waals surface area (Å²) in [4.78, 5) is 0. The van der Waals surface area contributed by atoms with Crippen LogP contribution >= 0.6 is 0 Å². The molecule has 0 aromatic carbocycles. The molecule has 1 aliphatic rings. The lowest BCUT2D eigenvalue weighted by Gasteiger charge is -2.29. The lowest BCUT2D eigenvalue weighted by atomic mass is 10.0. The van der Waals surface area contributed by atoms with E-state index in [1.807, 2.05) is 20.8 Å². The van der Waals surface area contributed by atoms with E-state index in [-0.39, 0.29) is 5.60 Å². The fourth-order valence-electron chi connectivity index (χ4n) is 2.19. The Morgan fingerprint density at radius 1 is 1.12 bits per heavy atom. The van der Waals surface area contributed by atoms with E-state index in [1.165, 1.54) is 25.7 Å². The van der Waals surface area contributed by atoms with Crippen LogP contribution in [0.5, 0.6) is 0 Å². The van der Waals surface area contributed by atoms with Crippen molar-refractivity contribution in [3.63, 3.8) is 0 Å². The molecule has 0 radical (unpaired) electrons. The van der Waals surface area contributed by atoms with E-state index in [1.54, 1.807) is 7.11 Å². The van der Waals surface area contributed by atoms with Gasteiger partial charge in [-0.2, -0.15) is 0 Å². The zero-order chi connectivity index (χ0) is 13.5. The Hall–Kier alpha value is -0.660. The molecule has 2 nitrogen and oxygen atoms in total. The number of hydrogen-bond acceptors (Lipinski definition) is 2. The number of methoxy groups -OCH3 is 1. The Labute approximate surface area is 107 Å². The highest BCUT2D eigenvalue weighted by atomic mass is 16.5. The van der Waals surface area contributed by atoms with Crippen molar-refractivity contribution in [1.29, 1.82) is 0 Å². The zero-order valence-electron chi connectivity index (χ0n) is 12.7. The predicted molar refractivity (Wildman–Crippen MR) is 73.9 cm³/mol. The molecule has 0 aliphatic heterocycles. The molecule has 0 saturated heterocycles. The summed E-state index contributed by atoms with van der Waals surface area (Å²) in [6.45, 7) is 12.5. The molecule has 0 N–H and O–H groups in total. The van der Waals surface area contributed by atoms with Gasteiger partial charge in [0, 0.05) is 5.92 Å². The summed E-state index contributed by atoms with van der Waals surface area (Å²) in [7, 11) is 1.71. The topological polar surface area (TPSA) is 18.5 Å². The third-order valence-corrected chi connectivity index (χ3v) is 3.20. The van der Waals surface area contributed by atoms with Crippen LogP contribution in [0.25, 0.3) is 0 Å². The first-order valence-corrected chi connectivity index (χ1v) is 6.92. The molecule has 0 amide bonds. The molecule has 0 bridgehead atoms. The second-order valence-corrected chi connectivity index (χ2v) is 5.04. The minimum atomic E-state index is 0.0411. The van der Waals surface area contributed by atoms with Crippen molar-refractivity contribution < 1.29 is 9.47 Å². The van der Waals surface area contributed by atoms with E-state index in [4.69, 9.17) is 9.47 Å². The highest BCUT2D eigenvalue weighted by molar-refractivity contribution is 5.04. The summed E-state index contributed by atoms with van der Waals surface area (Å²) < 4.78 is 11.5. The van der Waals surface area contributed by atoms with Gasteiger partial charge in [-0.15, -0.1) is 0 Å². The van der Waals surface area contributed by atoms with Gasteiger partial charge in [-0.1, -0.05) is 27.7 Å². The number of rotatable bonds is 4. The van der Waals surface area contributed by atoms with Gasteiger partial charge in [0.15, 0.2) is 0 Å². The number of ether oxygens (including phenoxy) is 2. The molecule has 1 fully saturated rings. The predicted octanol–water partition coefficient (Wildman–Crippen LogP) is 4.90. The van der Waals surface area contributed by atoms with Crippen LogP contribution in [0, 0.1) is 5.92 Å².